The van der Waals surface area contributed by atoms with E-state index in [1.807, 2.05) is 5.43 Å². The number of pyridine rings is 1. The van der Waals surface area contributed by atoms with Crippen LogP contribution in [0.25, 0.3) is 0 Å². The Labute approximate surface area is 182 Å². The van der Waals surface area contributed by atoms with Crippen LogP contribution in [0.15, 0.2) is 67.0 Å². The number of rotatable bonds is 4. The summed E-state index contributed by atoms with van der Waals surface area (Å²) in [5, 5.41) is 0. The maximum Gasteiger partial charge on any atom is 0.416 e. The lowest BCUT2D eigenvalue weighted by atomic mass is 10.0. The minimum Gasteiger partial charge on any atom is -0.457 e. The molecule has 2 N–H and O–H groups in total. The maximum atomic E-state index is 12.9. The fourth-order valence-electron chi connectivity index (χ4n) is 2.59. The standard InChI is InChI=1S/C21H13F6N3O3/c22-20(23,24)14-8-13(9-15(11-14)21(25,26)27)19(32)30-29-18(31)12-2-1-3-17(10-12)33-16-4-6-28-7-5-16/h1-11H,(H,29,31)(H,30,32). The van der Waals surface area contributed by atoms with Crippen LogP contribution in [-0.2, 0) is 12.4 Å². The number of hydrazine groups is 1. The van der Waals surface area contributed by atoms with E-state index < -0.39 is 40.9 Å². The number of hydrogen-bond donors (Lipinski definition) is 2. The molecule has 0 aliphatic rings. The van der Waals surface area contributed by atoms with Gasteiger partial charge in [0.05, 0.1) is 11.1 Å². The molecule has 0 aliphatic heterocycles. The van der Waals surface area contributed by atoms with E-state index in [2.05, 4.69) is 4.98 Å². The van der Waals surface area contributed by atoms with Gasteiger partial charge in [0.2, 0.25) is 0 Å². The Kier molecular flexibility index (Phi) is 6.56. The van der Waals surface area contributed by atoms with Crippen molar-refractivity contribution in [3.05, 3.63) is 89.2 Å². The van der Waals surface area contributed by atoms with Crippen molar-refractivity contribution in [1.82, 2.24) is 15.8 Å². The van der Waals surface area contributed by atoms with Crippen LogP contribution in [0, 0.1) is 0 Å². The zero-order chi connectivity index (χ0) is 24.2. The van der Waals surface area contributed by atoms with Gasteiger partial charge in [-0.2, -0.15) is 26.3 Å². The van der Waals surface area contributed by atoms with Crippen LogP contribution >= 0.6 is 0 Å². The van der Waals surface area contributed by atoms with Crippen LogP contribution in [0.1, 0.15) is 31.8 Å². The first kappa shape index (κ1) is 23.6. The average molecular weight is 469 g/mol. The van der Waals surface area contributed by atoms with Gasteiger partial charge in [0, 0.05) is 23.5 Å². The molecule has 0 spiro atoms. The second-order valence-corrected chi connectivity index (χ2v) is 6.52. The topological polar surface area (TPSA) is 80.3 Å². The van der Waals surface area contributed by atoms with E-state index in [9.17, 15) is 35.9 Å². The quantitative estimate of drug-likeness (QED) is 0.417. The fraction of sp³-hybridized carbons (Fsp3) is 0.0952. The van der Waals surface area contributed by atoms with E-state index in [4.69, 9.17) is 4.74 Å². The average Bonchev–Trinajstić information content (AvgIpc) is 2.76. The Bertz CT molecular complexity index is 1130. The SMILES string of the molecule is O=C(NNC(=O)c1cc(C(F)(F)F)cc(C(F)(F)F)c1)c1cccc(Oc2ccncc2)c1. The lowest BCUT2D eigenvalue weighted by molar-refractivity contribution is -0.143. The van der Waals surface area contributed by atoms with Gasteiger partial charge in [-0.05, 0) is 48.5 Å². The minimum atomic E-state index is -5.12. The van der Waals surface area contributed by atoms with Crippen molar-refractivity contribution in [2.45, 2.75) is 12.4 Å². The molecule has 2 aromatic carbocycles. The molecule has 0 unspecified atom stereocenters. The highest BCUT2D eigenvalue weighted by Crippen LogP contribution is 2.36. The van der Waals surface area contributed by atoms with Crippen LogP contribution < -0.4 is 15.6 Å². The summed E-state index contributed by atoms with van der Waals surface area (Å²) in [4.78, 5) is 28.3. The number of amides is 2. The highest BCUT2D eigenvalue weighted by Gasteiger charge is 2.37. The molecule has 2 amide bonds. The Balaban J connectivity index is 1.73. The highest BCUT2D eigenvalue weighted by atomic mass is 19.4. The second kappa shape index (κ2) is 9.18. The summed E-state index contributed by atoms with van der Waals surface area (Å²) in [6.45, 7) is 0. The summed E-state index contributed by atoms with van der Waals surface area (Å²) in [6.07, 6.45) is -7.26. The highest BCUT2D eigenvalue weighted by molar-refractivity contribution is 5.99. The Morgan fingerprint density at radius 3 is 1.79 bits per heavy atom. The zero-order valence-corrected chi connectivity index (χ0v) is 16.3. The number of hydrogen-bond acceptors (Lipinski definition) is 4. The predicted octanol–water partition coefficient (Wildman–Crippen LogP) is 4.99. The number of benzene rings is 2. The van der Waals surface area contributed by atoms with Gasteiger partial charge in [-0.3, -0.25) is 25.4 Å². The maximum absolute atomic E-state index is 12.9. The second-order valence-electron chi connectivity index (χ2n) is 6.52. The van der Waals surface area contributed by atoms with Gasteiger partial charge in [0.1, 0.15) is 11.5 Å². The Morgan fingerprint density at radius 1 is 0.697 bits per heavy atom. The summed E-state index contributed by atoms with van der Waals surface area (Å²) in [5.41, 5.74) is -0.512. The van der Waals surface area contributed by atoms with Gasteiger partial charge >= 0.3 is 12.4 Å². The molecule has 0 saturated carbocycles. The summed E-state index contributed by atoms with van der Waals surface area (Å²) in [5.74, 6) is -1.57. The molecule has 0 radical (unpaired) electrons. The number of alkyl halides is 6. The number of nitrogens with one attached hydrogen (secondary N) is 2. The molecule has 0 aliphatic carbocycles. The number of carbonyl (C=O) groups is 2. The number of carbonyl (C=O) groups excluding carboxylic acids is 2. The third-order valence-electron chi connectivity index (χ3n) is 4.12. The van der Waals surface area contributed by atoms with Crippen LogP contribution in [-0.4, -0.2) is 16.8 Å². The molecule has 12 heteroatoms. The molecule has 172 valence electrons. The summed E-state index contributed by atoms with van der Waals surface area (Å²) in [7, 11) is 0. The smallest absolute Gasteiger partial charge is 0.416 e. The summed E-state index contributed by atoms with van der Waals surface area (Å²) < 4.78 is 83.2. The molecule has 3 aromatic rings. The van der Waals surface area contributed by atoms with Gasteiger partial charge in [0.25, 0.3) is 11.8 Å². The number of aromatic nitrogens is 1. The fourth-order valence-corrected chi connectivity index (χ4v) is 2.59. The van der Waals surface area contributed by atoms with E-state index in [-0.39, 0.29) is 29.5 Å². The van der Waals surface area contributed by atoms with Gasteiger partial charge in [-0.25, -0.2) is 0 Å². The molecule has 0 saturated heterocycles. The molecule has 6 nitrogen and oxygen atoms in total. The molecule has 0 bridgehead atoms. The predicted molar refractivity (Wildman–Crippen MR) is 102 cm³/mol. The van der Waals surface area contributed by atoms with Crippen LogP contribution in [0.5, 0.6) is 11.5 Å². The number of nitrogens with zero attached hydrogens (tertiary/aromatic N) is 1. The summed E-state index contributed by atoms with van der Waals surface area (Å²) in [6, 6.07) is 9.20. The third-order valence-corrected chi connectivity index (χ3v) is 4.12. The van der Waals surface area contributed by atoms with Crippen LogP contribution in [0.4, 0.5) is 26.3 Å². The first-order valence-electron chi connectivity index (χ1n) is 9.01. The Morgan fingerprint density at radius 2 is 1.24 bits per heavy atom. The van der Waals surface area contributed by atoms with Crippen molar-refractivity contribution >= 4 is 11.8 Å². The van der Waals surface area contributed by atoms with Crippen molar-refractivity contribution < 1.29 is 40.7 Å². The first-order chi connectivity index (χ1) is 15.4. The molecule has 0 atom stereocenters. The monoisotopic (exact) mass is 469 g/mol. The zero-order valence-electron chi connectivity index (χ0n) is 16.3. The molecular formula is C21H13F6N3O3. The largest absolute Gasteiger partial charge is 0.457 e. The minimum absolute atomic E-state index is 0.00174. The molecular weight excluding hydrogens is 456 g/mol. The number of halogens is 6. The van der Waals surface area contributed by atoms with E-state index in [1.54, 1.807) is 17.6 Å². The Hall–Kier alpha value is -4.09. The van der Waals surface area contributed by atoms with Crippen LogP contribution in [0.3, 0.4) is 0 Å². The molecule has 3 rings (SSSR count). The van der Waals surface area contributed by atoms with Gasteiger partial charge in [-0.1, -0.05) is 6.07 Å². The molecule has 1 heterocycles. The lowest BCUT2D eigenvalue weighted by Gasteiger charge is -2.14. The normalized spacial score (nSPS) is 11.6. The van der Waals surface area contributed by atoms with Crippen LogP contribution in [0.2, 0.25) is 0 Å². The van der Waals surface area contributed by atoms with Crippen molar-refractivity contribution in [2.24, 2.45) is 0 Å². The van der Waals surface area contributed by atoms with Gasteiger partial charge < -0.3 is 4.74 Å². The number of ether oxygens (including phenoxy) is 1. The van der Waals surface area contributed by atoms with Crippen molar-refractivity contribution in [3.63, 3.8) is 0 Å². The van der Waals surface area contributed by atoms with E-state index >= 15 is 0 Å². The molecule has 1 aromatic heterocycles. The molecule has 0 fully saturated rings. The van der Waals surface area contributed by atoms with E-state index in [0.29, 0.717) is 5.75 Å². The van der Waals surface area contributed by atoms with E-state index in [0.717, 1.165) is 0 Å². The van der Waals surface area contributed by atoms with Crippen molar-refractivity contribution in [1.29, 1.82) is 0 Å². The van der Waals surface area contributed by atoms with Gasteiger partial charge in [0.15, 0.2) is 0 Å². The third kappa shape index (κ3) is 6.21. The first-order valence-corrected chi connectivity index (χ1v) is 9.01. The van der Waals surface area contributed by atoms with Crippen molar-refractivity contribution in [2.75, 3.05) is 0 Å². The van der Waals surface area contributed by atoms with Crippen molar-refractivity contribution in [3.8, 4) is 11.5 Å². The summed E-state index contributed by atoms with van der Waals surface area (Å²) >= 11 is 0. The van der Waals surface area contributed by atoms with E-state index in [1.165, 1.54) is 36.7 Å². The molecule has 33 heavy (non-hydrogen) atoms. The lowest BCUT2D eigenvalue weighted by Crippen LogP contribution is -2.41. The van der Waals surface area contributed by atoms with Gasteiger partial charge in [-0.15, -0.1) is 0 Å².